The minimum absolute atomic E-state index is 0. The van der Waals surface area contributed by atoms with Gasteiger partial charge in [0.25, 0.3) is 5.91 Å². The van der Waals surface area contributed by atoms with Crippen molar-refractivity contribution in [2.45, 2.75) is 25.8 Å². The van der Waals surface area contributed by atoms with Gasteiger partial charge in [0.15, 0.2) is 0 Å². The third-order valence-electron chi connectivity index (χ3n) is 2.95. The molecule has 1 amide bonds. The van der Waals surface area contributed by atoms with Crippen LogP contribution in [0, 0.1) is 6.92 Å². The highest BCUT2D eigenvalue weighted by Gasteiger charge is 2.15. The van der Waals surface area contributed by atoms with E-state index < -0.39 is 0 Å². The number of piperidine rings is 1. The van der Waals surface area contributed by atoms with Crippen LogP contribution in [0.2, 0.25) is 0 Å². The number of nitrogens with one attached hydrogen (secondary N) is 2. The van der Waals surface area contributed by atoms with E-state index in [9.17, 15) is 4.79 Å². The largest absolute Gasteiger partial charge is 0.348 e. The topological polar surface area (TPSA) is 41.1 Å². The van der Waals surface area contributed by atoms with E-state index in [0.717, 1.165) is 31.5 Å². The first-order chi connectivity index (χ1) is 7.75. The van der Waals surface area contributed by atoms with Crippen molar-refractivity contribution in [2.75, 3.05) is 13.1 Å². The van der Waals surface area contributed by atoms with Crippen LogP contribution in [0.3, 0.4) is 0 Å². The molecule has 0 aromatic heterocycles. The SMILES string of the molecule is Cc1ccc(C(=O)N[C@H]2CCCNC2)cc1.Cl. The number of rotatable bonds is 2. The molecule has 0 bridgehead atoms. The van der Waals surface area contributed by atoms with Crippen molar-refractivity contribution in [3.8, 4) is 0 Å². The third kappa shape index (κ3) is 4.02. The summed E-state index contributed by atoms with van der Waals surface area (Å²) in [6.45, 7) is 3.97. The number of carbonyl (C=O) groups is 1. The van der Waals surface area contributed by atoms with Gasteiger partial charge in [0.05, 0.1) is 0 Å². The molecule has 17 heavy (non-hydrogen) atoms. The molecule has 1 fully saturated rings. The lowest BCUT2D eigenvalue weighted by Crippen LogP contribution is -2.45. The molecule has 2 rings (SSSR count). The van der Waals surface area contributed by atoms with Gasteiger partial charge in [0.2, 0.25) is 0 Å². The Morgan fingerprint density at radius 2 is 2.06 bits per heavy atom. The summed E-state index contributed by atoms with van der Waals surface area (Å²) in [5.74, 6) is 0.0358. The fourth-order valence-electron chi connectivity index (χ4n) is 1.95. The Balaban J connectivity index is 0.00000144. The molecule has 94 valence electrons. The number of amides is 1. The standard InChI is InChI=1S/C13H18N2O.ClH/c1-10-4-6-11(7-5-10)13(16)15-12-3-2-8-14-9-12;/h4-7,12,14H,2-3,8-9H2,1H3,(H,15,16);1H/t12-;/m0./s1. The van der Waals surface area contributed by atoms with Crippen LogP contribution >= 0.6 is 12.4 Å². The maximum atomic E-state index is 11.9. The van der Waals surface area contributed by atoms with Crippen molar-refractivity contribution in [3.05, 3.63) is 35.4 Å². The maximum Gasteiger partial charge on any atom is 0.251 e. The second kappa shape index (κ2) is 6.62. The monoisotopic (exact) mass is 254 g/mol. The molecule has 2 N–H and O–H groups in total. The van der Waals surface area contributed by atoms with Gasteiger partial charge in [0.1, 0.15) is 0 Å². The van der Waals surface area contributed by atoms with Crippen LogP contribution in [0.5, 0.6) is 0 Å². The first-order valence-corrected chi connectivity index (χ1v) is 5.84. The van der Waals surface area contributed by atoms with Gasteiger partial charge >= 0.3 is 0 Å². The molecule has 1 atom stereocenters. The van der Waals surface area contributed by atoms with Gasteiger partial charge in [-0.25, -0.2) is 0 Å². The maximum absolute atomic E-state index is 11.9. The molecule has 0 spiro atoms. The van der Waals surface area contributed by atoms with E-state index in [1.54, 1.807) is 0 Å². The van der Waals surface area contributed by atoms with Gasteiger partial charge in [-0.2, -0.15) is 0 Å². The normalized spacial score (nSPS) is 19.2. The van der Waals surface area contributed by atoms with Crippen molar-refractivity contribution in [3.63, 3.8) is 0 Å². The molecule has 1 saturated heterocycles. The quantitative estimate of drug-likeness (QED) is 0.847. The van der Waals surface area contributed by atoms with E-state index >= 15 is 0 Å². The number of carbonyl (C=O) groups excluding carboxylic acids is 1. The number of aryl methyl sites for hydroxylation is 1. The van der Waals surface area contributed by atoms with Crippen LogP contribution < -0.4 is 10.6 Å². The van der Waals surface area contributed by atoms with Crippen molar-refractivity contribution in [2.24, 2.45) is 0 Å². The zero-order valence-corrected chi connectivity index (χ0v) is 10.8. The van der Waals surface area contributed by atoms with Crippen molar-refractivity contribution >= 4 is 18.3 Å². The highest BCUT2D eigenvalue weighted by atomic mass is 35.5. The first kappa shape index (κ1) is 14.0. The van der Waals surface area contributed by atoms with Gasteiger partial charge in [-0.05, 0) is 38.4 Å². The Hall–Kier alpha value is -1.06. The van der Waals surface area contributed by atoms with Crippen LogP contribution in [0.25, 0.3) is 0 Å². The summed E-state index contributed by atoms with van der Waals surface area (Å²) in [4.78, 5) is 11.9. The molecule has 3 nitrogen and oxygen atoms in total. The molecule has 1 aromatic rings. The molecule has 0 radical (unpaired) electrons. The summed E-state index contributed by atoms with van der Waals surface area (Å²) in [7, 11) is 0. The smallest absolute Gasteiger partial charge is 0.251 e. The molecule has 4 heteroatoms. The molecule has 1 aromatic carbocycles. The Morgan fingerprint density at radius 1 is 1.35 bits per heavy atom. The van der Waals surface area contributed by atoms with E-state index in [4.69, 9.17) is 0 Å². The third-order valence-corrected chi connectivity index (χ3v) is 2.95. The van der Waals surface area contributed by atoms with Gasteiger partial charge in [-0.3, -0.25) is 4.79 Å². The Kier molecular flexibility index (Phi) is 5.45. The number of benzene rings is 1. The average molecular weight is 255 g/mol. The summed E-state index contributed by atoms with van der Waals surface area (Å²) >= 11 is 0. The zero-order valence-electron chi connectivity index (χ0n) is 10.0. The molecule has 1 aliphatic rings. The highest BCUT2D eigenvalue weighted by molar-refractivity contribution is 5.94. The van der Waals surface area contributed by atoms with Crippen molar-refractivity contribution in [1.82, 2.24) is 10.6 Å². The summed E-state index contributed by atoms with van der Waals surface area (Å²) < 4.78 is 0. The number of hydrogen-bond donors (Lipinski definition) is 2. The van der Waals surface area contributed by atoms with Gasteiger partial charge < -0.3 is 10.6 Å². The average Bonchev–Trinajstić information content (AvgIpc) is 2.31. The predicted octanol–water partition coefficient (Wildman–Crippen LogP) is 1.90. The fourth-order valence-corrected chi connectivity index (χ4v) is 1.95. The zero-order chi connectivity index (χ0) is 11.4. The lowest BCUT2D eigenvalue weighted by atomic mass is 10.1. The minimum atomic E-state index is 0. The Bertz CT molecular complexity index is 358. The summed E-state index contributed by atoms with van der Waals surface area (Å²) in [6.07, 6.45) is 2.21. The Labute approximate surface area is 108 Å². The lowest BCUT2D eigenvalue weighted by molar-refractivity contribution is 0.0930. The highest BCUT2D eigenvalue weighted by Crippen LogP contribution is 2.06. The van der Waals surface area contributed by atoms with Crippen LogP contribution in [-0.4, -0.2) is 25.0 Å². The van der Waals surface area contributed by atoms with E-state index in [1.165, 1.54) is 5.56 Å². The van der Waals surface area contributed by atoms with Gasteiger partial charge in [-0.1, -0.05) is 17.7 Å². The van der Waals surface area contributed by atoms with E-state index in [-0.39, 0.29) is 24.4 Å². The van der Waals surface area contributed by atoms with Crippen LogP contribution in [0.4, 0.5) is 0 Å². The summed E-state index contributed by atoms with van der Waals surface area (Å²) in [5.41, 5.74) is 1.92. The molecular formula is C13H19ClN2O. The molecule has 0 saturated carbocycles. The second-order valence-electron chi connectivity index (χ2n) is 4.38. The van der Waals surface area contributed by atoms with Crippen LogP contribution in [-0.2, 0) is 0 Å². The molecular weight excluding hydrogens is 236 g/mol. The molecule has 1 heterocycles. The molecule has 0 aliphatic carbocycles. The van der Waals surface area contributed by atoms with E-state index in [0.29, 0.717) is 0 Å². The molecule has 1 aliphatic heterocycles. The minimum Gasteiger partial charge on any atom is -0.348 e. The number of hydrogen-bond acceptors (Lipinski definition) is 2. The van der Waals surface area contributed by atoms with E-state index in [1.807, 2.05) is 31.2 Å². The summed E-state index contributed by atoms with van der Waals surface area (Å²) in [6, 6.07) is 7.96. The predicted molar refractivity (Wildman–Crippen MR) is 71.8 cm³/mol. The lowest BCUT2D eigenvalue weighted by Gasteiger charge is -2.23. The first-order valence-electron chi connectivity index (χ1n) is 5.84. The Morgan fingerprint density at radius 3 is 2.65 bits per heavy atom. The second-order valence-corrected chi connectivity index (χ2v) is 4.38. The van der Waals surface area contributed by atoms with Crippen molar-refractivity contribution in [1.29, 1.82) is 0 Å². The fraction of sp³-hybridized carbons (Fsp3) is 0.462. The van der Waals surface area contributed by atoms with E-state index in [2.05, 4.69) is 10.6 Å². The summed E-state index contributed by atoms with van der Waals surface area (Å²) in [5, 5.41) is 6.34. The van der Waals surface area contributed by atoms with Crippen LogP contribution in [0.15, 0.2) is 24.3 Å². The van der Waals surface area contributed by atoms with Gasteiger partial charge in [-0.15, -0.1) is 12.4 Å². The van der Waals surface area contributed by atoms with Crippen LogP contribution in [0.1, 0.15) is 28.8 Å². The molecule has 0 unspecified atom stereocenters. The van der Waals surface area contributed by atoms with Crippen molar-refractivity contribution < 1.29 is 4.79 Å². The number of halogens is 1. The van der Waals surface area contributed by atoms with Gasteiger partial charge in [0, 0.05) is 18.2 Å².